The summed E-state index contributed by atoms with van der Waals surface area (Å²) < 4.78 is 21.9. The first-order chi connectivity index (χ1) is 13.5. The van der Waals surface area contributed by atoms with E-state index in [1.807, 2.05) is 43.3 Å². The second-order valence-electron chi connectivity index (χ2n) is 7.00. The van der Waals surface area contributed by atoms with Crippen LogP contribution in [0.3, 0.4) is 0 Å². The molecular formula is C22H28NO5+. The zero-order chi connectivity index (χ0) is 20.3. The monoisotopic (exact) mass is 386 g/mol. The Hall–Kier alpha value is -2.73. The molecule has 150 valence electrons. The van der Waals surface area contributed by atoms with Crippen molar-refractivity contribution in [1.82, 2.24) is 0 Å². The van der Waals surface area contributed by atoms with Crippen molar-refractivity contribution < 1.29 is 29.1 Å². The van der Waals surface area contributed by atoms with Crippen LogP contribution >= 0.6 is 0 Å². The maximum atomic E-state index is 12.9. The molecule has 0 unspecified atom stereocenters. The van der Waals surface area contributed by atoms with E-state index in [2.05, 4.69) is 5.32 Å². The highest BCUT2D eigenvalue weighted by Crippen LogP contribution is 2.37. The summed E-state index contributed by atoms with van der Waals surface area (Å²) in [6, 6.07) is 11.2. The topological polar surface area (TPSA) is 70.6 Å². The molecule has 1 heterocycles. The van der Waals surface area contributed by atoms with Crippen LogP contribution in [0.4, 0.5) is 0 Å². The number of piperidine rings is 1. The van der Waals surface area contributed by atoms with E-state index in [1.54, 1.807) is 28.4 Å². The van der Waals surface area contributed by atoms with Gasteiger partial charge >= 0.3 is 0 Å². The first kappa shape index (κ1) is 20.0. The van der Waals surface area contributed by atoms with Crippen LogP contribution in [0.5, 0.6) is 23.0 Å². The van der Waals surface area contributed by atoms with Gasteiger partial charge < -0.3 is 24.3 Å². The van der Waals surface area contributed by atoms with Crippen molar-refractivity contribution in [3.63, 3.8) is 0 Å². The largest absolute Gasteiger partial charge is 0.497 e. The first-order valence-electron chi connectivity index (χ1n) is 9.33. The molecule has 0 aliphatic carbocycles. The molecule has 1 aliphatic rings. The number of nitrogens with two attached hydrogens (primary N) is 1. The highest BCUT2D eigenvalue weighted by molar-refractivity contribution is 5.83. The third kappa shape index (κ3) is 3.78. The molecule has 0 saturated carbocycles. The van der Waals surface area contributed by atoms with Crippen molar-refractivity contribution in [2.24, 2.45) is 5.92 Å². The Morgan fingerprint density at radius 2 is 1.36 bits per heavy atom. The molecule has 28 heavy (non-hydrogen) atoms. The molecular weight excluding hydrogens is 358 g/mol. The SMILES string of the molecule is COc1ccc(OC)c([C@@H]2CC(=O)[C@@H](C)[C@@H](c3cc(OC)ccc3OC)[NH2+]2)c1. The van der Waals surface area contributed by atoms with E-state index in [1.165, 1.54) is 0 Å². The molecule has 6 nitrogen and oxygen atoms in total. The predicted molar refractivity (Wildman–Crippen MR) is 105 cm³/mol. The van der Waals surface area contributed by atoms with Gasteiger partial charge in [-0.05, 0) is 43.3 Å². The predicted octanol–water partition coefficient (Wildman–Crippen LogP) is 2.68. The Balaban J connectivity index is 2.03. The van der Waals surface area contributed by atoms with Crippen molar-refractivity contribution >= 4 is 5.78 Å². The summed E-state index contributed by atoms with van der Waals surface area (Å²) in [5.41, 5.74) is 1.91. The van der Waals surface area contributed by atoms with Crippen molar-refractivity contribution in [1.29, 1.82) is 0 Å². The smallest absolute Gasteiger partial charge is 0.148 e. The fraction of sp³-hybridized carbons (Fsp3) is 0.409. The fourth-order valence-corrected chi connectivity index (χ4v) is 3.90. The van der Waals surface area contributed by atoms with Crippen LogP contribution in [0.2, 0.25) is 0 Å². The maximum Gasteiger partial charge on any atom is 0.148 e. The quantitative estimate of drug-likeness (QED) is 0.827. The van der Waals surface area contributed by atoms with Crippen molar-refractivity contribution in [2.45, 2.75) is 25.4 Å². The molecule has 0 bridgehead atoms. The lowest BCUT2D eigenvalue weighted by molar-refractivity contribution is -0.742. The Morgan fingerprint density at radius 3 is 1.89 bits per heavy atom. The van der Waals surface area contributed by atoms with Crippen molar-refractivity contribution in [2.75, 3.05) is 28.4 Å². The summed E-state index contributed by atoms with van der Waals surface area (Å²) in [5.74, 6) is 3.05. The minimum absolute atomic E-state index is 0.0744. The number of carbonyl (C=O) groups is 1. The van der Waals surface area contributed by atoms with Gasteiger partial charge in [-0.2, -0.15) is 0 Å². The van der Waals surface area contributed by atoms with Gasteiger partial charge in [-0.25, -0.2) is 0 Å². The number of methoxy groups -OCH3 is 4. The zero-order valence-electron chi connectivity index (χ0n) is 17.0. The number of hydrogen-bond acceptors (Lipinski definition) is 5. The fourth-order valence-electron chi connectivity index (χ4n) is 3.90. The lowest BCUT2D eigenvalue weighted by Gasteiger charge is -2.33. The van der Waals surface area contributed by atoms with E-state index in [9.17, 15) is 4.79 Å². The molecule has 2 aromatic carbocycles. The average molecular weight is 386 g/mol. The second kappa shape index (κ2) is 8.52. The molecule has 0 spiro atoms. The molecule has 0 radical (unpaired) electrons. The van der Waals surface area contributed by atoms with Gasteiger partial charge in [-0.3, -0.25) is 4.79 Å². The van der Waals surface area contributed by atoms with Crippen molar-refractivity contribution in [3.8, 4) is 23.0 Å². The van der Waals surface area contributed by atoms with Crippen LogP contribution in [0.1, 0.15) is 36.6 Å². The zero-order valence-corrected chi connectivity index (χ0v) is 17.0. The third-order valence-electron chi connectivity index (χ3n) is 5.54. The van der Waals surface area contributed by atoms with Gasteiger partial charge in [-0.1, -0.05) is 0 Å². The second-order valence-corrected chi connectivity index (χ2v) is 7.00. The Bertz CT molecular complexity index is 851. The molecule has 6 heteroatoms. The number of carbonyl (C=O) groups excluding carboxylic acids is 1. The van der Waals surface area contributed by atoms with Crippen LogP contribution in [0.15, 0.2) is 36.4 Å². The number of hydrogen-bond donors (Lipinski definition) is 1. The number of Topliss-reactive ketones (excluding diaryl/α,β-unsaturated/α-hetero) is 1. The summed E-state index contributed by atoms with van der Waals surface area (Å²) in [6.45, 7) is 1.97. The molecule has 0 aromatic heterocycles. The van der Waals surface area contributed by atoms with Gasteiger partial charge in [0, 0.05) is 0 Å². The van der Waals surface area contributed by atoms with Crippen LogP contribution in [0.25, 0.3) is 0 Å². The average Bonchev–Trinajstić information content (AvgIpc) is 2.74. The molecule has 2 N–H and O–H groups in total. The van der Waals surface area contributed by atoms with E-state index < -0.39 is 0 Å². The van der Waals surface area contributed by atoms with Crippen LogP contribution in [-0.2, 0) is 4.79 Å². The Labute approximate surface area is 165 Å². The minimum Gasteiger partial charge on any atom is -0.497 e. The molecule has 3 atom stereocenters. The van der Waals surface area contributed by atoms with E-state index in [-0.39, 0.29) is 23.8 Å². The van der Waals surface area contributed by atoms with Crippen LogP contribution in [-0.4, -0.2) is 34.2 Å². The molecule has 2 aromatic rings. The van der Waals surface area contributed by atoms with Crippen molar-refractivity contribution in [3.05, 3.63) is 47.5 Å². The van der Waals surface area contributed by atoms with Gasteiger partial charge in [0.2, 0.25) is 0 Å². The molecule has 1 fully saturated rings. The molecule has 1 saturated heterocycles. The van der Waals surface area contributed by atoms with E-state index >= 15 is 0 Å². The van der Waals surface area contributed by atoms with Gasteiger partial charge in [0.1, 0.15) is 40.9 Å². The summed E-state index contributed by atoms with van der Waals surface area (Å²) in [7, 11) is 6.55. The van der Waals surface area contributed by atoms with E-state index in [4.69, 9.17) is 18.9 Å². The van der Waals surface area contributed by atoms with Gasteiger partial charge in [-0.15, -0.1) is 0 Å². The number of quaternary nitrogens is 1. The van der Waals surface area contributed by atoms with E-state index in [0.717, 1.165) is 34.1 Å². The number of ether oxygens (including phenoxy) is 4. The summed E-state index contributed by atoms with van der Waals surface area (Å²) in [4.78, 5) is 12.9. The van der Waals surface area contributed by atoms with Gasteiger partial charge in [0.05, 0.1) is 51.9 Å². The van der Waals surface area contributed by atoms with Crippen LogP contribution < -0.4 is 24.3 Å². The first-order valence-corrected chi connectivity index (χ1v) is 9.33. The highest BCUT2D eigenvalue weighted by atomic mass is 16.5. The Kier molecular flexibility index (Phi) is 6.09. The third-order valence-corrected chi connectivity index (χ3v) is 5.54. The van der Waals surface area contributed by atoms with Crippen LogP contribution in [0, 0.1) is 5.92 Å². The molecule has 0 amide bonds. The molecule has 1 aliphatic heterocycles. The minimum atomic E-state index is -0.145. The highest BCUT2D eigenvalue weighted by Gasteiger charge is 2.41. The Morgan fingerprint density at radius 1 is 0.821 bits per heavy atom. The number of rotatable bonds is 6. The van der Waals surface area contributed by atoms with Gasteiger partial charge in [0.25, 0.3) is 0 Å². The summed E-state index contributed by atoms with van der Waals surface area (Å²) >= 11 is 0. The summed E-state index contributed by atoms with van der Waals surface area (Å²) in [5, 5.41) is 2.22. The lowest BCUT2D eigenvalue weighted by atomic mass is 9.81. The maximum absolute atomic E-state index is 12.9. The van der Waals surface area contributed by atoms with E-state index in [0.29, 0.717) is 6.42 Å². The lowest BCUT2D eigenvalue weighted by Crippen LogP contribution is -2.90. The molecule has 3 rings (SSSR count). The standard InChI is InChI=1S/C22H27NO5/c1-13-19(24)12-18(16-10-14(25-2)6-8-20(16)27-4)23-22(13)17-11-15(26-3)7-9-21(17)28-5/h6-11,13,18,22-23H,12H2,1-5H3/p+1/t13-,18+,22+/m1/s1. The summed E-state index contributed by atoms with van der Waals surface area (Å²) in [6.07, 6.45) is 0.438. The van der Waals surface area contributed by atoms with Gasteiger partial charge in [0.15, 0.2) is 0 Å². The number of benzene rings is 2. The number of ketones is 1. The normalized spacial score (nSPS) is 21.9.